The van der Waals surface area contributed by atoms with Crippen molar-refractivity contribution in [3.63, 3.8) is 0 Å². The van der Waals surface area contributed by atoms with Gasteiger partial charge in [0.25, 0.3) is 0 Å². The number of rotatable bonds is 23. The molecule has 0 amide bonds. The van der Waals surface area contributed by atoms with E-state index in [2.05, 4.69) is 6.92 Å². The molecule has 0 aromatic rings. The quantitative estimate of drug-likeness (QED) is 0.0661. The summed E-state index contributed by atoms with van der Waals surface area (Å²) in [6.45, 7) is 3.97. The van der Waals surface area contributed by atoms with E-state index in [0.29, 0.717) is 6.42 Å². The molecular weight excluding hydrogens is 479 g/mol. The average molecular weight is 527 g/mol. The van der Waals surface area contributed by atoms with Crippen LogP contribution in [0.15, 0.2) is 12.2 Å². The molecule has 35 heavy (non-hydrogen) atoms. The summed E-state index contributed by atoms with van der Waals surface area (Å²) in [6, 6.07) is 0. The monoisotopic (exact) mass is 526 g/mol. The van der Waals surface area contributed by atoms with Crippen molar-refractivity contribution in [2.75, 3.05) is 13.2 Å². The number of unbranched alkanes of at least 4 members (excludes halogenated alkanes) is 15. The molecular formula is C26H47NaO7S. The third-order valence-electron chi connectivity index (χ3n) is 5.78. The zero-order chi connectivity index (χ0) is 25.5. The van der Waals surface area contributed by atoms with Gasteiger partial charge >= 0.3 is 41.5 Å². The topological polar surface area (TPSA) is 110 Å². The molecule has 0 spiro atoms. The summed E-state index contributed by atoms with van der Waals surface area (Å²) < 4.78 is 43.7. The Morgan fingerprint density at radius 3 is 1.60 bits per heavy atom. The molecule has 0 heterocycles. The Labute approximate surface area is 236 Å². The molecule has 200 valence electrons. The van der Waals surface area contributed by atoms with Gasteiger partial charge in [-0.1, -0.05) is 115 Å². The molecule has 0 radical (unpaired) electrons. The second kappa shape index (κ2) is 25.2. The SMILES string of the molecule is C/C=C/COC(=O)CC(C(=O)OCCCCCCCCCCCCCCCCCC)S(=O)(=O)[O-].[Na+]. The molecule has 0 saturated heterocycles. The minimum atomic E-state index is -5.01. The Bertz CT molecular complexity index is 650. The van der Waals surface area contributed by atoms with Crippen LogP contribution in [0.1, 0.15) is 123 Å². The van der Waals surface area contributed by atoms with Gasteiger partial charge in [-0.2, -0.15) is 0 Å². The van der Waals surface area contributed by atoms with Crippen molar-refractivity contribution in [2.45, 2.75) is 128 Å². The maximum Gasteiger partial charge on any atom is 1.00 e. The summed E-state index contributed by atoms with van der Waals surface area (Å²) in [7, 11) is -5.01. The molecule has 0 aliphatic carbocycles. The minimum Gasteiger partial charge on any atom is -0.747 e. The van der Waals surface area contributed by atoms with Crippen molar-refractivity contribution in [1.82, 2.24) is 0 Å². The van der Waals surface area contributed by atoms with Gasteiger partial charge in [-0.15, -0.1) is 0 Å². The van der Waals surface area contributed by atoms with E-state index >= 15 is 0 Å². The van der Waals surface area contributed by atoms with Crippen LogP contribution in [0.5, 0.6) is 0 Å². The van der Waals surface area contributed by atoms with Crippen LogP contribution in [0.3, 0.4) is 0 Å². The fraction of sp³-hybridized carbons (Fsp3) is 0.846. The zero-order valence-corrected chi connectivity index (χ0v) is 25.2. The molecule has 0 rings (SSSR count). The maximum atomic E-state index is 12.0. The zero-order valence-electron chi connectivity index (χ0n) is 22.4. The number of hydrogen-bond acceptors (Lipinski definition) is 7. The third-order valence-corrected chi connectivity index (χ3v) is 6.84. The molecule has 0 aliphatic rings. The first-order valence-electron chi connectivity index (χ1n) is 13.2. The predicted molar refractivity (Wildman–Crippen MR) is 134 cm³/mol. The Balaban J connectivity index is 0. The average Bonchev–Trinajstić information content (AvgIpc) is 2.78. The van der Waals surface area contributed by atoms with Gasteiger partial charge in [0.15, 0.2) is 5.25 Å². The van der Waals surface area contributed by atoms with E-state index in [1.54, 1.807) is 19.1 Å². The largest absolute Gasteiger partial charge is 1.00 e. The Morgan fingerprint density at radius 2 is 1.20 bits per heavy atom. The first-order valence-corrected chi connectivity index (χ1v) is 14.7. The van der Waals surface area contributed by atoms with E-state index < -0.39 is 33.7 Å². The van der Waals surface area contributed by atoms with E-state index in [4.69, 9.17) is 9.47 Å². The summed E-state index contributed by atoms with van der Waals surface area (Å²) in [5.74, 6) is -2.11. The van der Waals surface area contributed by atoms with E-state index in [0.717, 1.165) is 19.3 Å². The van der Waals surface area contributed by atoms with Gasteiger partial charge in [-0.25, -0.2) is 8.42 Å². The summed E-state index contributed by atoms with van der Waals surface area (Å²) in [5, 5.41) is -2.06. The van der Waals surface area contributed by atoms with Crippen molar-refractivity contribution < 1.29 is 61.6 Å². The van der Waals surface area contributed by atoms with Crippen LogP contribution in [-0.2, 0) is 29.2 Å². The van der Waals surface area contributed by atoms with Gasteiger partial charge in [0.1, 0.15) is 16.7 Å². The van der Waals surface area contributed by atoms with Crippen LogP contribution >= 0.6 is 0 Å². The standard InChI is InChI=1S/C26H48O7S.Na/c1-3-5-7-8-9-10-11-12-13-14-15-16-17-18-19-20-22-33-26(28)24(34(29,30)31)23-25(27)32-21-6-4-2;/h4,6,24H,3,5,7-23H2,1-2H3,(H,29,30,31);/q;+1/p-1/b6-4+;. The molecule has 0 saturated carbocycles. The molecule has 1 atom stereocenters. The molecule has 0 aromatic carbocycles. The molecule has 9 heteroatoms. The van der Waals surface area contributed by atoms with Gasteiger partial charge in [0.05, 0.1) is 13.0 Å². The van der Waals surface area contributed by atoms with Crippen LogP contribution in [-0.4, -0.2) is 43.4 Å². The first-order chi connectivity index (χ1) is 16.3. The van der Waals surface area contributed by atoms with Crippen molar-refractivity contribution >= 4 is 22.1 Å². The minimum absolute atomic E-state index is 0. The van der Waals surface area contributed by atoms with Gasteiger partial charge in [0.2, 0.25) is 0 Å². The van der Waals surface area contributed by atoms with Crippen LogP contribution < -0.4 is 29.6 Å². The summed E-state index contributed by atoms with van der Waals surface area (Å²) in [6.07, 6.45) is 21.9. The predicted octanol–water partition coefficient (Wildman–Crippen LogP) is 3.22. The number of carbonyl (C=O) groups excluding carboxylic acids is 2. The summed E-state index contributed by atoms with van der Waals surface area (Å²) >= 11 is 0. The number of carbonyl (C=O) groups is 2. The fourth-order valence-electron chi connectivity index (χ4n) is 3.67. The van der Waals surface area contributed by atoms with E-state index in [1.165, 1.54) is 77.0 Å². The van der Waals surface area contributed by atoms with Crippen molar-refractivity contribution in [3.8, 4) is 0 Å². The molecule has 0 aliphatic heterocycles. The van der Waals surface area contributed by atoms with Crippen molar-refractivity contribution in [3.05, 3.63) is 12.2 Å². The van der Waals surface area contributed by atoms with Crippen LogP contribution in [0, 0.1) is 0 Å². The van der Waals surface area contributed by atoms with Crippen LogP contribution in [0.2, 0.25) is 0 Å². The number of allylic oxidation sites excluding steroid dienone is 1. The second-order valence-corrected chi connectivity index (χ2v) is 10.5. The van der Waals surface area contributed by atoms with E-state index in [1.807, 2.05) is 0 Å². The van der Waals surface area contributed by atoms with Crippen molar-refractivity contribution in [1.29, 1.82) is 0 Å². The summed E-state index contributed by atoms with van der Waals surface area (Å²) in [5.41, 5.74) is 0. The molecule has 7 nitrogen and oxygen atoms in total. The smallest absolute Gasteiger partial charge is 0.747 e. The number of ether oxygens (including phenoxy) is 2. The maximum absolute atomic E-state index is 12.0. The van der Waals surface area contributed by atoms with E-state index in [-0.39, 0.29) is 42.8 Å². The molecule has 0 fully saturated rings. The second-order valence-electron chi connectivity index (χ2n) is 8.91. The van der Waals surface area contributed by atoms with Gasteiger partial charge in [-0.05, 0) is 13.3 Å². The molecule has 0 N–H and O–H groups in total. The van der Waals surface area contributed by atoms with Crippen LogP contribution in [0.25, 0.3) is 0 Å². The van der Waals surface area contributed by atoms with Gasteiger partial charge in [-0.3, -0.25) is 9.59 Å². The van der Waals surface area contributed by atoms with Crippen LogP contribution in [0.4, 0.5) is 0 Å². The third kappa shape index (κ3) is 23.7. The molecule has 0 aromatic heterocycles. The number of esters is 2. The Hall–Kier alpha value is -0.410. The Morgan fingerprint density at radius 1 is 0.771 bits per heavy atom. The molecule has 0 bridgehead atoms. The molecule has 1 unspecified atom stereocenters. The number of hydrogen-bond donors (Lipinski definition) is 0. The fourth-order valence-corrected chi connectivity index (χ4v) is 4.31. The normalized spacial score (nSPS) is 12.3. The van der Waals surface area contributed by atoms with Crippen molar-refractivity contribution in [2.24, 2.45) is 0 Å². The summed E-state index contributed by atoms with van der Waals surface area (Å²) in [4.78, 5) is 23.6. The first kappa shape index (κ1) is 36.7. The Kier molecular flexibility index (Phi) is 26.5. The van der Waals surface area contributed by atoms with Gasteiger partial charge < -0.3 is 14.0 Å². The van der Waals surface area contributed by atoms with E-state index in [9.17, 15) is 22.6 Å². The van der Waals surface area contributed by atoms with Gasteiger partial charge in [0, 0.05) is 0 Å².